The van der Waals surface area contributed by atoms with Crippen LogP contribution < -0.4 is 5.32 Å². The molecule has 1 saturated heterocycles. The Kier molecular flexibility index (Phi) is 11.4. The van der Waals surface area contributed by atoms with Crippen molar-refractivity contribution in [2.75, 3.05) is 19.8 Å². The number of carbonyl (C=O) groups is 2. The normalized spacial score (nSPS) is 20.0. The predicted molar refractivity (Wildman–Crippen MR) is 150 cm³/mol. The number of carbonyl (C=O) groups excluding carboxylic acids is 2. The number of rotatable bonds is 13. The van der Waals surface area contributed by atoms with Gasteiger partial charge in [-0.3, -0.25) is 0 Å². The Balaban J connectivity index is 1.69. The molecule has 0 aliphatic carbocycles. The van der Waals surface area contributed by atoms with Gasteiger partial charge in [0, 0.05) is 0 Å². The Morgan fingerprint density at radius 1 is 1.35 bits per heavy atom. The molecular formula is C24H35N3O10P2S. The molecule has 2 amide bonds. The van der Waals surface area contributed by atoms with Crippen molar-refractivity contribution in [1.82, 2.24) is 15.2 Å². The molecule has 4 atom stereocenters. The minimum atomic E-state index is -5.19. The van der Waals surface area contributed by atoms with Crippen LogP contribution in [0.5, 0.6) is 0 Å². The van der Waals surface area contributed by atoms with Crippen LogP contribution in [0, 0.1) is 6.92 Å². The fourth-order valence-electron chi connectivity index (χ4n) is 4.06. The molecule has 1 aromatic carbocycles. The summed E-state index contributed by atoms with van der Waals surface area (Å²) in [6, 6.07) is 6.13. The van der Waals surface area contributed by atoms with Crippen LogP contribution in [0.15, 0.2) is 42.4 Å². The van der Waals surface area contributed by atoms with Crippen LogP contribution in [0.2, 0.25) is 0 Å². The second-order valence-corrected chi connectivity index (χ2v) is 13.2. The Morgan fingerprint density at radius 2 is 2.05 bits per heavy atom. The molecule has 0 radical (unpaired) electrons. The van der Waals surface area contributed by atoms with Crippen LogP contribution >= 0.6 is 27.3 Å². The van der Waals surface area contributed by atoms with E-state index in [1.165, 1.54) is 17.4 Å². The van der Waals surface area contributed by atoms with Crippen molar-refractivity contribution in [2.24, 2.45) is 0 Å². The molecule has 222 valence electrons. The second kappa shape index (κ2) is 14.1. The standard InChI is InChI=1S/C24H35N3O10P2S/c1-5-11-34-24(29)27-14-20(36-39(32,33)37-38(30,31)35-12-6-2)13-21(27)23(28)26-16(3)18-7-9-19(10-8-18)22-17(4)25-15-40-22/h5,7-10,15-16,20-21,32-33,39H,1,6,11-14H2,2-4H3,(H,26,28)(H,30,31)/t16-,20+,21-/m0/s1. The summed E-state index contributed by atoms with van der Waals surface area (Å²) in [6.07, 6.45) is -0.367. The van der Waals surface area contributed by atoms with E-state index in [0.717, 1.165) is 26.6 Å². The van der Waals surface area contributed by atoms with E-state index in [1.54, 1.807) is 19.4 Å². The van der Waals surface area contributed by atoms with Crippen molar-refractivity contribution >= 4 is 39.3 Å². The van der Waals surface area contributed by atoms with Gasteiger partial charge in [0.15, 0.2) is 0 Å². The van der Waals surface area contributed by atoms with Gasteiger partial charge in [-0.2, -0.15) is 0 Å². The second-order valence-electron chi connectivity index (χ2n) is 9.07. The van der Waals surface area contributed by atoms with Gasteiger partial charge >= 0.3 is 203 Å². The first-order chi connectivity index (χ1) is 18.9. The zero-order valence-electron chi connectivity index (χ0n) is 22.4. The van der Waals surface area contributed by atoms with Crippen molar-refractivity contribution < 1.29 is 46.9 Å². The van der Waals surface area contributed by atoms with Gasteiger partial charge in [0.05, 0.1) is 11.2 Å². The third-order valence-electron chi connectivity index (χ3n) is 5.91. The Morgan fingerprint density at radius 3 is 2.65 bits per heavy atom. The molecule has 0 bridgehead atoms. The summed E-state index contributed by atoms with van der Waals surface area (Å²) < 4.78 is 31.3. The molecular weight excluding hydrogens is 584 g/mol. The van der Waals surface area contributed by atoms with E-state index in [0.29, 0.717) is 6.42 Å². The van der Waals surface area contributed by atoms with Gasteiger partial charge in [-0.25, -0.2) is 4.98 Å². The number of nitrogens with one attached hydrogen (secondary N) is 1. The van der Waals surface area contributed by atoms with Crippen LogP contribution in [-0.2, 0) is 27.5 Å². The third-order valence-corrected chi connectivity index (χ3v) is 9.92. The van der Waals surface area contributed by atoms with Crippen molar-refractivity contribution in [1.29, 1.82) is 0 Å². The Labute approximate surface area is 237 Å². The van der Waals surface area contributed by atoms with Crippen molar-refractivity contribution in [3.63, 3.8) is 0 Å². The molecule has 2 heterocycles. The molecule has 2 aromatic rings. The van der Waals surface area contributed by atoms with Crippen LogP contribution in [-0.4, -0.2) is 68.5 Å². The number of phosphoric ester groups is 1. The third kappa shape index (κ3) is 8.87. The van der Waals surface area contributed by atoms with Crippen molar-refractivity contribution in [3.05, 3.63) is 53.7 Å². The quantitative estimate of drug-likeness (QED) is 0.188. The summed E-state index contributed by atoms with van der Waals surface area (Å²) in [4.78, 5) is 62.5. The number of hydrogen-bond acceptors (Lipinski definition) is 11. The fraction of sp³-hybridized carbons (Fsp3) is 0.458. The van der Waals surface area contributed by atoms with E-state index < -0.39 is 46.2 Å². The maximum absolute atomic E-state index is 13.3. The summed E-state index contributed by atoms with van der Waals surface area (Å²) in [5, 5.41) is 2.87. The molecule has 1 aliphatic heterocycles. The summed E-state index contributed by atoms with van der Waals surface area (Å²) >= 11 is 1.54. The summed E-state index contributed by atoms with van der Waals surface area (Å²) in [6.45, 7) is 8.36. The molecule has 0 spiro atoms. The topological polar surface area (TPSA) is 177 Å². The van der Waals surface area contributed by atoms with Crippen LogP contribution in [0.1, 0.15) is 44.0 Å². The van der Waals surface area contributed by atoms with E-state index in [1.807, 2.05) is 31.2 Å². The van der Waals surface area contributed by atoms with E-state index in [9.17, 15) is 28.8 Å². The first-order valence-electron chi connectivity index (χ1n) is 12.5. The van der Waals surface area contributed by atoms with Gasteiger partial charge in [-0.1, -0.05) is 0 Å². The molecule has 40 heavy (non-hydrogen) atoms. The summed E-state index contributed by atoms with van der Waals surface area (Å²) in [5.41, 5.74) is 4.53. The molecule has 16 heteroatoms. The maximum atomic E-state index is 13.3. The van der Waals surface area contributed by atoms with Crippen LogP contribution in [0.4, 0.5) is 4.79 Å². The van der Waals surface area contributed by atoms with Crippen molar-refractivity contribution in [3.8, 4) is 10.4 Å². The van der Waals surface area contributed by atoms with Gasteiger partial charge in [-0.05, 0) is 6.92 Å². The summed E-state index contributed by atoms with van der Waals surface area (Å²) in [7, 11) is -10.0. The Bertz CT molecular complexity index is 1230. The van der Waals surface area contributed by atoms with Gasteiger partial charge in [-0.15, -0.1) is 11.3 Å². The fourth-order valence-corrected chi connectivity index (χ4v) is 7.48. The number of likely N-dealkylation sites (tertiary alicyclic amines) is 1. The summed E-state index contributed by atoms with van der Waals surface area (Å²) in [5.74, 6) is -0.528. The van der Waals surface area contributed by atoms with E-state index in [2.05, 4.69) is 25.7 Å². The monoisotopic (exact) mass is 619 g/mol. The number of benzene rings is 1. The molecule has 1 fully saturated rings. The van der Waals surface area contributed by atoms with Gasteiger partial charge < -0.3 is 0 Å². The van der Waals surface area contributed by atoms with Crippen LogP contribution in [0.25, 0.3) is 10.4 Å². The zero-order chi connectivity index (χ0) is 29.5. The molecule has 1 aromatic heterocycles. The Hall–Kier alpha value is -2.25. The predicted octanol–water partition coefficient (Wildman–Crippen LogP) is 4.02. The SMILES string of the molecule is C=CCOC(=O)N1C[C@H](O[PH](O)(O)OP(=O)(O)OCCC)C[C@H]1C(=O)N[C@@H](C)c1ccc(-c2scnc2C)cc1. The number of ether oxygens (including phenoxy) is 1. The number of nitrogens with zero attached hydrogens (tertiary/aromatic N) is 2. The van der Waals surface area contributed by atoms with Crippen LogP contribution in [0.3, 0.4) is 0 Å². The van der Waals surface area contributed by atoms with Gasteiger partial charge in [0.2, 0.25) is 0 Å². The molecule has 0 saturated carbocycles. The number of phosphoric acid groups is 1. The number of thiazole rings is 1. The number of hydrogen-bond donors (Lipinski definition) is 4. The van der Waals surface area contributed by atoms with E-state index >= 15 is 0 Å². The average Bonchev–Trinajstić information content (AvgIpc) is 3.51. The molecule has 1 unspecified atom stereocenters. The average molecular weight is 620 g/mol. The van der Waals surface area contributed by atoms with Gasteiger partial charge in [0.25, 0.3) is 0 Å². The first kappa shape index (κ1) is 32.3. The number of aryl methyl sites for hydroxylation is 1. The van der Waals surface area contributed by atoms with E-state index in [-0.39, 0.29) is 26.2 Å². The molecule has 4 N–H and O–H groups in total. The van der Waals surface area contributed by atoms with Crippen molar-refractivity contribution in [2.45, 2.75) is 51.8 Å². The molecule has 3 rings (SSSR count). The molecule has 13 nitrogen and oxygen atoms in total. The van der Waals surface area contributed by atoms with E-state index in [4.69, 9.17) is 9.26 Å². The number of aromatic nitrogens is 1. The zero-order valence-corrected chi connectivity index (χ0v) is 25.1. The minimum absolute atomic E-state index is 0.110. The first-order valence-corrected chi connectivity index (χ1v) is 16.6. The number of amides is 2. The van der Waals surface area contributed by atoms with Gasteiger partial charge in [0.1, 0.15) is 0 Å². The molecule has 1 aliphatic rings.